The fourth-order valence-corrected chi connectivity index (χ4v) is 1.43. The Bertz CT molecular complexity index is 562. The second-order valence-electron chi connectivity index (χ2n) is 3.21. The predicted molar refractivity (Wildman–Crippen MR) is 66.8 cm³/mol. The van der Waals surface area contributed by atoms with Gasteiger partial charge in [0.25, 0.3) is 0 Å². The Labute approximate surface area is 103 Å². The maximum absolute atomic E-state index is 8.43. The number of halogens is 1. The van der Waals surface area contributed by atoms with E-state index in [1.807, 2.05) is 6.07 Å². The number of ether oxygens (including phenoxy) is 1. The summed E-state index contributed by atoms with van der Waals surface area (Å²) in [5, 5.41) is 4.19. The predicted octanol–water partition coefficient (Wildman–Crippen LogP) is 5.07. The lowest BCUT2D eigenvalue weighted by atomic mass is 10.3. The van der Waals surface area contributed by atoms with Crippen molar-refractivity contribution in [3.8, 4) is 11.5 Å². The van der Waals surface area contributed by atoms with E-state index in [0.29, 0.717) is 22.2 Å². The molecule has 0 heterocycles. The van der Waals surface area contributed by atoms with Crippen LogP contribution in [0.2, 0.25) is 5.02 Å². The molecule has 2 rings (SSSR count). The van der Waals surface area contributed by atoms with E-state index in [1.54, 1.807) is 42.5 Å². The molecule has 5 heteroatoms. The van der Waals surface area contributed by atoms with Gasteiger partial charge in [0.1, 0.15) is 11.5 Å². The summed E-state index contributed by atoms with van der Waals surface area (Å²) in [5.74, 6) is 1.14. The monoisotopic (exact) mass is 245 g/mol. The van der Waals surface area contributed by atoms with Crippen molar-refractivity contribution in [1.82, 2.24) is 0 Å². The molecule has 0 atom stereocenters. The molecule has 0 radical (unpaired) electrons. The quantitative estimate of drug-likeness (QED) is 0.423. The van der Waals surface area contributed by atoms with Gasteiger partial charge in [-0.15, -0.1) is 0 Å². The molecule has 0 fully saturated rings. The fourth-order valence-electron chi connectivity index (χ4n) is 1.30. The molecule has 0 bridgehead atoms. The lowest BCUT2D eigenvalue weighted by Crippen LogP contribution is -1.83. The van der Waals surface area contributed by atoms with Crippen LogP contribution in [0.15, 0.2) is 53.6 Å². The molecule has 0 saturated heterocycles. The number of hydrogen-bond acceptors (Lipinski definition) is 2. The fraction of sp³-hybridized carbons (Fsp3) is 0. The SMILES string of the molecule is [N-]=[N+]=Nc1ccccc1Oc1ccc(Cl)cc1. The van der Waals surface area contributed by atoms with E-state index in [2.05, 4.69) is 10.0 Å². The van der Waals surface area contributed by atoms with Gasteiger partial charge < -0.3 is 4.74 Å². The molecule has 0 saturated carbocycles. The number of hydrogen-bond donors (Lipinski definition) is 0. The summed E-state index contributed by atoms with van der Waals surface area (Å²) in [4.78, 5) is 2.75. The summed E-state index contributed by atoms with van der Waals surface area (Å²) in [6.07, 6.45) is 0. The van der Waals surface area contributed by atoms with Crippen molar-refractivity contribution in [2.24, 2.45) is 5.11 Å². The van der Waals surface area contributed by atoms with Crippen LogP contribution >= 0.6 is 11.6 Å². The van der Waals surface area contributed by atoms with Gasteiger partial charge in [0.15, 0.2) is 0 Å². The van der Waals surface area contributed by atoms with Gasteiger partial charge in [-0.25, -0.2) is 0 Å². The zero-order valence-corrected chi connectivity index (χ0v) is 9.50. The second-order valence-corrected chi connectivity index (χ2v) is 3.65. The average molecular weight is 246 g/mol. The molecular formula is C12H8ClN3O. The molecule has 4 nitrogen and oxygen atoms in total. The first-order valence-electron chi connectivity index (χ1n) is 4.87. The molecule has 0 aliphatic heterocycles. The second kappa shape index (κ2) is 5.25. The number of para-hydroxylation sites is 1. The maximum Gasteiger partial charge on any atom is 0.137 e. The van der Waals surface area contributed by atoms with Crippen LogP contribution in [0.25, 0.3) is 10.4 Å². The van der Waals surface area contributed by atoms with Crippen molar-refractivity contribution >= 4 is 17.3 Å². The molecule has 0 aromatic heterocycles. The van der Waals surface area contributed by atoms with E-state index in [0.717, 1.165) is 0 Å². The summed E-state index contributed by atoms with van der Waals surface area (Å²) < 4.78 is 5.59. The van der Waals surface area contributed by atoms with Gasteiger partial charge in [-0.05, 0) is 41.9 Å². The molecule has 84 valence electrons. The van der Waals surface area contributed by atoms with Gasteiger partial charge >= 0.3 is 0 Å². The molecule has 0 unspecified atom stereocenters. The third-order valence-corrected chi connectivity index (χ3v) is 2.31. The van der Waals surface area contributed by atoms with Crippen LogP contribution in [0.5, 0.6) is 11.5 Å². The third-order valence-electron chi connectivity index (χ3n) is 2.06. The minimum Gasteiger partial charge on any atom is -0.457 e. The molecule has 0 amide bonds. The molecule has 17 heavy (non-hydrogen) atoms. The summed E-state index contributed by atoms with van der Waals surface area (Å²) in [6, 6.07) is 14.0. The Hall–Kier alpha value is -2.16. The van der Waals surface area contributed by atoms with E-state index >= 15 is 0 Å². The summed E-state index contributed by atoms with van der Waals surface area (Å²) >= 11 is 5.77. The summed E-state index contributed by atoms with van der Waals surface area (Å²) in [5.41, 5.74) is 8.88. The minimum absolute atomic E-state index is 0.449. The number of benzene rings is 2. The molecule has 0 aliphatic carbocycles. The zero-order valence-electron chi connectivity index (χ0n) is 8.75. The Morgan fingerprint density at radius 1 is 1.06 bits per heavy atom. The lowest BCUT2D eigenvalue weighted by molar-refractivity contribution is 0.484. The lowest BCUT2D eigenvalue weighted by Gasteiger charge is -2.07. The molecule has 0 aliphatic rings. The molecular weight excluding hydrogens is 238 g/mol. The van der Waals surface area contributed by atoms with Crippen LogP contribution in [0.3, 0.4) is 0 Å². The van der Waals surface area contributed by atoms with Crippen LogP contribution in [0, 0.1) is 0 Å². The van der Waals surface area contributed by atoms with Crippen molar-refractivity contribution in [2.75, 3.05) is 0 Å². The van der Waals surface area contributed by atoms with Gasteiger partial charge in [0, 0.05) is 9.93 Å². The van der Waals surface area contributed by atoms with Crippen LogP contribution in [0.1, 0.15) is 0 Å². The van der Waals surface area contributed by atoms with Gasteiger partial charge in [-0.3, -0.25) is 0 Å². The highest BCUT2D eigenvalue weighted by molar-refractivity contribution is 6.30. The smallest absolute Gasteiger partial charge is 0.137 e. The van der Waals surface area contributed by atoms with Gasteiger partial charge in [-0.2, -0.15) is 0 Å². The number of rotatable bonds is 3. The van der Waals surface area contributed by atoms with Crippen LogP contribution < -0.4 is 4.74 Å². The first-order valence-corrected chi connectivity index (χ1v) is 5.25. The van der Waals surface area contributed by atoms with Crippen molar-refractivity contribution in [3.05, 3.63) is 64.0 Å². The van der Waals surface area contributed by atoms with Crippen molar-refractivity contribution in [2.45, 2.75) is 0 Å². The Morgan fingerprint density at radius 2 is 1.76 bits per heavy atom. The van der Waals surface area contributed by atoms with Crippen LogP contribution in [0.4, 0.5) is 5.69 Å². The molecule has 0 N–H and O–H groups in total. The summed E-state index contributed by atoms with van der Waals surface area (Å²) in [6.45, 7) is 0. The molecule has 2 aromatic carbocycles. The Balaban J connectivity index is 2.29. The average Bonchev–Trinajstić information content (AvgIpc) is 2.35. The minimum atomic E-state index is 0.449. The van der Waals surface area contributed by atoms with E-state index in [1.165, 1.54) is 0 Å². The number of nitrogens with zero attached hydrogens (tertiary/aromatic N) is 3. The number of azide groups is 1. The normalized spacial score (nSPS) is 9.47. The summed E-state index contributed by atoms with van der Waals surface area (Å²) in [7, 11) is 0. The molecule has 0 spiro atoms. The van der Waals surface area contributed by atoms with Crippen molar-refractivity contribution < 1.29 is 4.74 Å². The highest BCUT2D eigenvalue weighted by Gasteiger charge is 2.02. The van der Waals surface area contributed by atoms with Gasteiger partial charge in [-0.1, -0.05) is 28.8 Å². The Kier molecular flexibility index (Phi) is 3.50. The van der Waals surface area contributed by atoms with E-state index in [9.17, 15) is 0 Å². The van der Waals surface area contributed by atoms with E-state index in [-0.39, 0.29) is 0 Å². The Morgan fingerprint density at radius 3 is 2.47 bits per heavy atom. The van der Waals surface area contributed by atoms with Crippen molar-refractivity contribution in [1.29, 1.82) is 0 Å². The topological polar surface area (TPSA) is 58.0 Å². The van der Waals surface area contributed by atoms with Crippen LogP contribution in [-0.4, -0.2) is 0 Å². The highest BCUT2D eigenvalue weighted by atomic mass is 35.5. The third kappa shape index (κ3) is 2.91. The molecule has 2 aromatic rings. The maximum atomic E-state index is 8.43. The van der Waals surface area contributed by atoms with E-state index < -0.39 is 0 Å². The zero-order chi connectivity index (χ0) is 12.1. The van der Waals surface area contributed by atoms with Gasteiger partial charge in [0.05, 0.1) is 5.69 Å². The highest BCUT2D eigenvalue weighted by Crippen LogP contribution is 2.31. The first kappa shape index (κ1) is 11.3. The van der Waals surface area contributed by atoms with E-state index in [4.69, 9.17) is 21.9 Å². The largest absolute Gasteiger partial charge is 0.457 e. The van der Waals surface area contributed by atoms with Gasteiger partial charge in [0.2, 0.25) is 0 Å². The van der Waals surface area contributed by atoms with Crippen molar-refractivity contribution in [3.63, 3.8) is 0 Å². The van der Waals surface area contributed by atoms with Crippen LogP contribution in [-0.2, 0) is 0 Å². The first-order chi connectivity index (χ1) is 8.29. The standard InChI is InChI=1S/C12H8ClN3O/c13-9-5-7-10(8-6-9)17-12-4-2-1-3-11(12)15-16-14/h1-8H.